The molecule has 0 unspecified atom stereocenters. The number of hydrogen-bond donors (Lipinski definition) is 1. The Hall–Kier alpha value is -2.41. The number of H-pyrrole nitrogens is 1. The third-order valence-corrected chi connectivity index (χ3v) is 4.45. The van der Waals surface area contributed by atoms with E-state index in [2.05, 4.69) is 9.97 Å². The van der Waals surface area contributed by atoms with Crippen molar-refractivity contribution in [2.75, 3.05) is 0 Å². The fraction of sp³-hybridized carbons (Fsp3) is 0.353. The Kier molecular flexibility index (Phi) is 4.80. The Labute approximate surface area is 143 Å². The van der Waals surface area contributed by atoms with Gasteiger partial charge in [-0.2, -0.15) is 11.3 Å². The van der Waals surface area contributed by atoms with Crippen LogP contribution in [0.15, 0.2) is 26.4 Å². The predicted molar refractivity (Wildman–Crippen MR) is 98.4 cm³/mol. The highest BCUT2D eigenvalue weighted by molar-refractivity contribution is 7.08. The van der Waals surface area contributed by atoms with Crippen LogP contribution < -0.4 is 11.2 Å². The Morgan fingerprint density at radius 2 is 1.92 bits per heavy atom. The first-order valence-corrected chi connectivity index (χ1v) is 9.03. The first kappa shape index (κ1) is 16.4. The number of fused-ring (bicyclic) bond motifs is 1. The van der Waals surface area contributed by atoms with Crippen molar-refractivity contribution in [1.29, 1.82) is 0 Å². The topological polar surface area (TPSA) is 72.7 Å². The second-order valence-corrected chi connectivity index (χ2v) is 6.38. The van der Waals surface area contributed by atoms with E-state index >= 15 is 0 Å². The van der Waals surface area contributed by atoms with Crippen LogP contribution in [0.1, 0.15) is 38.1 Å². The van der Waals surface area contributed by atoms with Crippen molar-refractivity contribution in [1.82, 2.24) is 19.1 Å². The lowest BCUT2D eigenvalue weighted by molar-refractivity contribution is 0.555. The maximum absolute atomic E-state index is 12.6. The number of rotatable bonds is 6. The van der Waals surface area contributed by atoms with Crippen LogP contribution in [0.2, 0.25) is 0 Å². The van der Waals surface area contributed by atoms with E-state index in [1.54, 1.807) is 15.9 Å². The van der Waals surface area contributed by atoms with Gasteiger partial charge < -0.3 is 4.98 Å². The van der Waals surface area contributed by atoms with Gasteiger partial charge in [-0.05, 0) is 41.3 Å². The Balaban J connectivity index is 2.16. The van der Waals surface area contributed by atoms with E-state index in [1.807, 2.05) is 42.8 Å². The molecule has 24 heavy (non-hydrogen) atoms. The van der Waals surface area contributed by atoms with Crippen molar-refractivity contribution in [2.24, 2.45) is 0 Å². The number of aromatic amines is 1. The number of aromatic nitrogens is 4. The van der Waals surface area contributed by atoms with Gasteiger partial charge in [-0.1, -0.05) is 19.9 Å². The average molecular weight is 344 g/mol. The van der Waals surface area contributed by atoms with Gasteiger partial charge in [-0.15, -0.1) is 0 Å². The molecule has 0 bridgehead atoms. The van der Waals surface area contributed by atoms with Crippen LogP contribution in [-0.4, -0.2) is 19.1 Å². The minimum Gasteiger partial charge on any atom is -0.333 e. The molecule has 3 heterocycles. The number of imidazole rings is 1. The smallest absolute Gasteiger partial charge is 0.332 e. The van der Waals surface area contributed by atoms with Gasteiger partial charge in [0.25, 0.3) is 5.56 Å². The quantitative estimate of drug-likeness (QED) is 0.747. The fourth-order valence-corrected chi connectivity index (χ4v) is 3.28. The molecule has 0 aromatic carbocycles. The SMILES string of the molecule is CCCn1c(=O)c2[nH]c(C=Cc3ccsc3)nc2n(CCC)c1=O. The molecule has 0 fully saturated rings. The molecular formula is C17H20N4O2S. The predicted octanol–water partition coefficient (Wildman–Crippen LogP) is 2.94. The van der Waals surface area contributed by atoms with E-state index in [-0.39, 0.29) is 11.2 Å². The normalized spacial score (nSPS) is 11.8. The van der Waals surface area contributed by atoms with Crippen LogP contribution in [0, 0.1) is 0 Å². The van der Waals surface area contributed by atoms with Gasteiger partial charge in [0.05, 0.1) is 0 Å². The maximum Gasteiger partial charge on any atom is 0.332 e. The number of nitrogens with one attached hydrogen (secondary N) is 1. The molecule has 0 aliphatic carbocycles. The average Bonchev–Trinajstić information content (AvgIpc) is 3.23. The zero-order valence-electron chi connectivity index (χ0n) is 13.8. The summed E-state index contributed by atoms with van der Waals surface area (Å²) in [4.78, 5) is 32.7. The molecule has 7 heteroatoms. The van der Waals surface area contributed by atoms with Crippen molar-refractivity contribution in [3.8, 4) is 0 Å². The molecule has 3 aromatic rings. The minimum absolute atomic E-state index is 0.281. The molecule has 6 nitrogen and oxygen atoms in total. The lowest BCUT2D eigenvalue weighted by Crippen LogP contribution is -2.40. The van der Waals surface area contributed by atoms with Gasteiger partial charge in [-0.3, -0.25) is 13.9 Å². The molecule has 0 amide bonds. The van der Waals surface area contributed by atoms with E-state index in [4.69, 9.17) is 0 Å². The van der Waals surface area contributed by atoms with Gasteiger partial charge >= 0.3 is 5.69 Å². The lowest BCUT2D eigenvalue weighted by atomic mass is 10.3. The van der Waals surface area contributed by atoms with Crippen molar-refractivity contribution in [2.45, 2.75) is 39.8 Å². The third-order valence-electron chi connectivity index (χ3n) is 3.75. The molecular weight excluding hydrogens is 324 g/mol. The first-order valence-electron chi connectivity index (χ1n) is 8.09. The largest absolute Gasteiger partial charge is 0.333 e. The van der Waals surface area contributed by atoms with E-state index in [1.165, 1.54) is 4.57 Å². The van der Waals surface area contributed by atoms with Crippen LogP contribution >= 0.6 is 11.3 Å². The number of aryl methyl sites for hydroxylation is 1. The number of hydrogen-bond acceptors (Lipinski definition) is 4. The van der Waals surface area contributed by atoms with Crippen LogP contribution in [0.4, 0.5) is 0 Å². The molecule has 1 N–H and O–H groups in total. The third kappa shape index (κ3) is 2.99. The van der Waals surface area contributed by atoms with Crippen LogP contribution in [0.25, 0.3) is 23.3 Å². The van der Waals surface area contributed by atoms with Crippen molar-refractivity contribution >= 4 is 34.7 Å². The van der Waals surface area contributed by atoms with Crippen LogP contribution in [0.3, 0.4) is 0 Å². The lowest BCUT2D eigenvalue weighted by Gasteiger charge is -2.09. The summed E-state index contributed by atoms with van der Waals surface area (Å²) < 4.78 is 2.88. The molecule has 3 rings (SSSR count). The van der Waals surface area contributed by atoms with E-state index in [9.17, 15) is 9.59 Å². The summed E-state index contributed by atoms with van der Waals surface area (Å²) in [6.07, 6.45) is 5.28. The Bertz CT molecular complexity index is 977. The molecule has 0 aliphatic rings. The Morgan fingerprint density at radius 1 is 1.17 bits per heavy atom. The van der Waals surface area contributed by atoms with Crippen LogP contribution in [0.5, 0.6) is 0 Å². The molecule has 126 valence electrons. The van der Waals surface area contributed by atoms with Crippen LogP contribution in [-0.2, 0) is 13.1 Å². The van der Waals surface area contributed by atoms with E-state index in [0.717, 1.165) is 18.4 Å². The van der Waals surface area contributed by atoms with Gasteiger partial charge in [0, 0.05) is 13.1 Å². The van der Waals surface area contributed by atoms with Gasteiger partial charge in [0.2, 0.25) is 0 Å². The van der Waals surface area contributed by atoms with Gasteiger partial charge in [0.1, 0.15) is 11.3 Å². The van der Waals surface area contributed by atoms with Crippen molar-refractivity contribution < 1.29 is 0 Å². The molecule has 0 saturated heterocycles. The van der Waals surface area contributed by atoms with Gasteiger partial charge in [-0.25, -0.2) is 9.78 Å². The highest BCUT2D eigenvalue weighted by Gasteiger charge is 2.15. The Morgan fingerprint density at radius 3 is 2.58 bits per heavy atom. The minimum atomic E-state index is -0.299. The monoisotopic (exact) mass is 344 g/mol. The molecule has 0 spiro atoms. The zero-order valence-corrected chi connectivity index (χ0v) is 14.6. The maximum atomic E-state index is 12.6. The molecule has 3 aromatic heterocycles. The van der Waals surface area contributed by atoms with Crippen molar-refractivity contribution in [3.05, 3.63) is 49.1 Å². The zero-order chi connectivity index (χ0) is 17.1. The number of nitrogens with zero attached hydrogens (tertiary/aromatic N) is 3. The molecule has 0 aliphatic heterocycles. The highest BCUT2D eigenvalue weighted by Crippen LogP contribution is 2.12. The summed E-state index contributed by atoms with van der Waals surface area (Å²) >= 11 is 1.62. The summed E-state index contributed by atoms with van der Waals surface area (Å²) in [6.45, 7) is 4.90. The van der Waals surface area contributed by atoms with Gasteiger partial charge in [0.15, 0.2) is 5.65 Å². The summed E-state index contributed by atoms with van der Waals surface area (Å²) in [7, 11) is 0. The summed E-state index contributed by atoms with van der Waals surface area (Å²) in [5, 5.41) is 4.03. The fourth-order valence-electron chi connectivity index (χ4n) is 2.65. The molecule has 0 saturated carbocycles. The molecule has 0 radical (unpaired) electrons. The highest BCUT2D eigenvalue weighted by atomic mass is 32.1. The van der Waals surface area contributed by atoms with Crippen molar-refractivity contribution in [3.63, 3.8) is 0 Å². The van der Waals surface area contributed by atoms with E-state index < -0.39 is 0 Å². The summed E-state index contributed by atoms with van der Waals surface area (Å²) in [5.41, 5.74) is 1.32. The first-order chi connectivity index (χ1) is 11.7. The summed E-state index contributed by atoms with van der Waals surface area (Å²) in [5.74, 6) is 0.576. The molecule has 0 atom stereocenters. The second kappa shape index (κ2) is 7.00. The second-order valence-electron chi connectivity index (χ2n) is 5.60. The van der Waals surface area contributed by atoms with E-state index in [0.29, 0.717) is 30.1 Å². The summed E-state index contributed by atoms with van der Waals surface area (Å²) in [6, 6.07) is 2.01. The standard InChI is InChI=1S/C17H20N4O2S/c1-3-8-20-15-14(16(22)21(9-4-2)17(20)23)18-13(19-15)6-5-12-7-10-24-11-12/h5-7,10-11H,3-4,8-9H2,1-2H3,(H,18,19). The number of thiophene rings is 1.